The second-order valence-corrected chi connectivity index (χ2v) is 3.82. The van der Waals surface area contributed by atoms with E-state index in [-0.39, 0.29) is 24.2 Å². The van der Waals surface area contributed by atoms with Crippen molar-refractivity contribution in [3.8, 4) is 0 Å². The van der Waals surface area contributed by atoms with E-state index in [4.69, 9.17) is 5.11 Å². The Morgan fingerprint density at radius 3 is 2.50 bits per heavy atom. The third-order valence-corrected chi connectivity index (χ3v) is 2.77. The van der Waals surface area contributed by atoms with E-state index >= 15 is 0 Å². The second-order valence-electron chi connectivity index (χ2n) is 3.82. The highest BCUT2D eigenvalue weighted by Crippen LogP contribution is 2.26. The Labute approximate surface area is 74.0 Å². The van der Waals surface area contributed by atoms with Crippen molar-refractivity contribution in [3.63, 3.8) is 0 Å². The molecule has 0 aromatic rings. The molecule has 0 radical (unpaired) electrons. The average Bonchev–Trinajstić information content (AvgIpc) is 2.17. The number of Topliss-reactive ketones (excluding diaryl/α,β-unsaturated/α-hetero) is 1. The fourth-order valence-corrected chi connectivity index (χ4v) is 1.88. The molecule has 0 heterocycles. The number of hydrogen-bond donors (Lipinski definition) is 1. The van der Waals surface area contributed by atoms with Crippen LogP contribution in [0.25, 0.3) is 0 Å². The molecule has 0 saturated heterocycles. The van der Waals surface area contributed by atoms with Crippen LogP contribution in [0.5, 0.6) is 0 Å². The van der Waals surface area contributed by atoms with Gasteiger partial charge >= 0.3 is 0 Å². The lowest BCUT2D eigenvalue weighted by Crippen LogP contribution is -2.25. The van der Waals surface area contributed by atoms with Gasteiger partial charge in [0, 0.05) is 11.8 Å². The van der Waals surface area contributed by atoms with Crippen molar-refractivity contribution in [1.82, 2.24) is 0 Å². The molecule has 1 fully saturated rings. The summed E-state index contributed by atoms with van der Waals surface area (Å²) in [6, 6.07) is 0. The molecule has 0 aromatic carbocycles. The first-order valence-electron chi connectivity index (χ1n) is 4.90. The molecule has 1 aliphatic rings. The van der Waals surface area contributed by atoms with Crippen LogP contribution >= 0.6 is 0 Å². The van der Waals surface area contributed by atoms with Crippen LogP contribution in [0, 0.1) is 11.8 Å². The minimum atomic E-state index is -0.145. The van der Waals surface area contributed by atoms with E-state index in [0.29, 0.717) is 0 Å². The third kappa shape index (κ3) is 2.31. The summed E-state index contributed by atoms with van der Waals surface area (Å²) in [5, 5.41) is 8.82. The van der Waals surface area contributed by atoms with Gasteiger partial charge in [0.1, 0.15) is 5.78 Å². The first-order chi connectivity index (χ1) is 5.75. The lowest BCUT2D eigenvalue weighted by Gasteiger charge is -2.22. The molecule has 1 saturated carbocycles. The summed E-state index contributed by atoms with van der Waals surface area (Å²) in [7, 11) is 0. The standard InChI is InChI=1S/C10H18O2/c1-8(7-11)10(12)9-5-3-2-4-6-9/h8-9,11H,2-7H2,1H3. The molecule has 0 spiro atoms. The van der Waals surface area contributed by atoms with E-state index in [2.05, 4.69) is 0 Å². The van der Waals surface area contributed by atoms with Crippen molar-refractivity contribution in [2.24, 2.45) is 11.8 Å². The quantitative estimate of drug-likeness (QED) is 0.700. The van der Waals surface area contributed by atoms with Gasteiger partial charge in [-0.1, -0.05) is 26.2 Å². The van der Waals surface area contributed by atoms with Crippen molar-refractivity contribution in [3.05, 3.63) is 0 Å². The first-order valence-corrected chi connectivity index (χ1v) is 4.90. The van der Waals surface area contributed by atoms with E-state index in [0.717, 1.165) is 12.8 Å². The largest absolute Gasteiger partial charge is 0.396 e. The predicted octanol–water partition coefficient (Wildman–Crippen LogP) is 1.76. The van der Waals surface area contributed by atoms with Gasteiger partial charge in [0.25, 0.3) is 0 Å². The smallest absolute Gasteiger partial charge is 0.141 e. The zero-order valence-electron chi connectivity index (χ0n) is 7.75. The Hall–Kier alpha value is -0.370. The molecule has 0 bridgehead atoms. The van der Waals surface area contributed by atoms with E-state index in [1.54, 1.807) is 0 Å². The van der Waals surface area contributed by atoms with Gasteiger partial charge in [-0.05, 0) is 12.8 Å². The van der Waals surface area contributed by atoms with Gasteiger partial charge in [-0.15, -0.1) is 0 Å². The zero-order chi connectivity index (χ0) is 8.97. The summed E-state index contributed by atoms with van der Waals surface area (Å²) < 4.78 is 0. The van der Waals surface area contributed by atoms with Crippen molar-refractivity contribution in [1.29, 1.82) is 0 Å². The summed E-state index contributed by atoms with van der Waals surface area (Å²) >= 11 is 0. The summed E-state index contributed by atoms with van der Waals surface area (Å²) in [6.45, 7) is 1.83. The Morgan fingerprint density at radius 2 is 2.00 bits per heavy atom. The normalized spacial score (nSPS) is 22.2. The maximum absolute atomic E-state index is 11.6. The summed E-state index contributed by atoms with van der Waals surface area (Å²) in [5.74, 6) is 0.381. The molecule has 2 nitrogen and oxygen atoms in total. The molecule has 0 aromatic heterocycles. The summed E-state index contributed by atoms with van der Waals surface area (Å²) in [4.78, 5) is 11.6. The van der Waals surface area contributed by atoms with E-state index in [1.165, 1.54) is 19.3 Å². The third-order valence-electron chi connectivity index (χ3n) is 2.77. The number of aliphatic hydroxyl groups excluding tert-OH is 1. The van der Waals surface area contributed by atoms with Crippen LogP contribution in [0.3, 0.4) is 0 Å². The highest BCUT2D eigenvalue weighted by Gasteiger charge is 2.24. The molecule has 1 unspecified atom stereocenters. The molecule has 1 aliphatic carbocycles. The van der Waals surface area contributed by atoms with Crippen LogP contribution in [0.2, 0.25) is 0 Å². The topological polar surface area (TPSA) is 37.3 Å². The number of hydrogen-bond acceptors (Lipinski definition) is 2. The number of ketones is 1. The number of aliphatic hydroxyl groups is 1. The maximum atomic E-state index is 11.6. The Kier molecular flexibility index (Phi) is 3.73. The van der Waals surface area contributed by atoms with Gasteiger partial charge < -0.3 is 5.11 Å². The minimum Gasteiger partial charge on any atom is -0.396 e. The molecule has 12 heavy (non-hydrogen) atoms. The van der Waals surface area contributed by atoms with Gasteiger partial charge in [-0.25, -0.2) is 0 Å². The molecule has 70 valence electrons. The van der Waals surface area contributed by atoms with E-state index in [9.17, 15) is 4.79 Å². The molecule has 1 rings (SSSR count). The Bertz CT molecular complexity index is 148. The van der Waals surface area contributed by atoms with Crippen LogP contribution in [0.15, 0.2) is 0 Å². The van der Waals surface area contributed by atoms with Gasteiger partial charge in [0.05, 0.1) is 6.61 Å². The van der Waals surface area contributed by atoms with E-state index in [1.807, 2.05) is 6.92 Å². The molecular weight excluding hydrogens is 152 g/mol. The van der Waals surface area contributed by atoms with Crippen molar-refractivity contribution >= 4 is 5.78 Å². The van der Waals surface area contributed by atoms with Gasteiger partial charge in [0.2, 0.25) is 0 Å². The predicted molar refractivity (Wildman–Crippen MR) is 47.8 cm³/mol. The Morgan fingerprint density at radius 1 is 1.42 bits per heavy atom. The molecular formula is C10H18O2. The summed E-state index contributed by atoms with van der Waals surface area (Å²) in [5.41, 5.74) is 0. The zero-order valence-corrected chi connectivity index (χ0v) is 7.75. The number of rotatable bonds is 3. The molecule has 1 atom stereocenters. The van der Waals surface area contributed by atoms with Gasteiger partial charge in [0.15, 0.2) is 0 Å². The fourth-order valence-electron chi connectivity index (χ4n) is 1.88. The number of carbonyl (C=O) groups excluding carboxylic acids is 1. The minimum absolute atomic E-state index is 0.00926. The lowest BCUT2D eigenvalue weighted by atomic mass is 9.82. The Balaban J connectivity index is 2.39. The highest BCUT2D eigenvalue weighted by atomic mass is 16.3. The van der Waals surface area contributed by atoms with Crippen LogP contribution in [0.4, 0.5) is 0 Å². The van der Waals surface area contributed by atoms with Crippen LogP contribution < -0.4 is 0 Å². The van der Waals surface area contributed by atoms with Gasteiger partial charge in [-0.3, -0.25) is 4.79 Å². The fraction of sp³-hybridized carbons (Fsp3) is 0.900. The summed E-state index contributed by atoms with van der Waals surface area (Å²) in [6.07, 6.45) is 5.74. The van der Waals surface area contributed by atoms with Crippen molar-refractivity contribution < 1.29 is 9.90 Å². The molecule has 1 N–H and O–H groups in total. The first kappa shape index (κ1) is 9.72. The maximum Gasteiger partial charge on any atom is 0.141 e. The van der Waals surface area contributed by atoms with E-state index < -0.39 is 0 Å². The molecule has 0 amide bonds. The second kappa shape index (κ2) is 4.61. The number of carbonyl (C=O) groups is 1. The molecule has 0 aliphatic heterocycles. The SMILES string of the molecule is CC(CO)C(=O)C1CCCCC1. The van der Waals surface area contributed by atoms with Crippen LogP contribution in [-0.2, 0) is 4.79 Å². The average molecular weight is 170 g/mol. The molecule has 2 heteroatoms. The monoisotopic (exact) mass is 170 g/mol. The van der Waals surface area contributed by atoms with Crippen LogP contribution in [-0.4, -0.2) is 17.5 Å². The van der Waals surface area contributed by atoms with Crippen molar-refractivity contribution in [2.45, 2.75) is 39.0 Å². The lowest BCUT2D eigenvalue weighted by molar-refractivity contribution is -0.128. The van der Waals surface area contributed by atoms with Crippen molar-refractivity contribution in [2.75, 3.05) is 6.61 Å². The van der Waals surface area contributed by atoms with Gasteiger partial charge in [-0.2, -0.15) is 0 Å². The highest BCUT2D eigenvalue weighted by molar-refractivity contribution is 5.83. The van der Waals surface area contributed by atoms with Crippen LogP contribution in [0.1, 0.15) is 39.0 Å².